The van der Waals surface area contributed by atoms with Crippen molar-refractivity contribution < 1.29 is 48.9 Å². The van der Waals surface area contributed by atoms with Crippen LogP contribution in [0.3, 0.4) is 0 Å². The molecule has 0 aromatic rings. The SMILES string of the molecule is C=C(C(=O)N[C@H](C)C(=O)N[C@H](CON[C@@H](C(=O)O)[C@H](C)[C@H](O)N[C@@H](CCCN=C(N)N)C(N)=O)CC(C)C)N(C)C(=O)CC[C@@H](N)C(=O)O. The van der Waals surface area contributed by atoms with Crippen LogP contribution in [-0.2, 0) is 33.6 Å². The fraction of sp³-hybridized carbons (Fsp3) is 0.690. The number of hydrogen-bond donors (Lipinski definition) is 11. The summed E-state index contributed by atoms with van der Waals surface area (Å²) in [6.07, 6.45) is -0.980. The number of nitrogens with one attached hydrogen (secondary N) is 4. The second-order valence-electron chi connectivity index (χ2n) is 12.0. The van der Waals surface area contributed by atoms with Crippen LogP contribution in [-0.4, -0.2) is 118 Å². The van der Waals surface area contributed by atoms with E-state index in [4.69, 9.17) is 32.9 Å². The molecule has 0 saturated carbocycles. The molecule has 20 nitrogen and oxygen atoms in total. The second-order valence-corrected chi connectivity index (χ2v) is 12.0. The number of guanidine groups is 1. The average Bonchev–Trinajstić information content (AvgIpc) is 3.00. The summed E-state index contributed by atoms with van der Waals surface area (Å²) in [7, 11) is 1.28. The van der Waals surface area contributed by atoms with Gasteiger partial charge in [-0.3, -0.25) is 43.9 Å². The highest BCUT2D eigenvalue weighted by Gasteiger charge is 2.33. The molecule has 15 N–H and O–H groups in total. The van der Waals surface area contributed by atoms with E-state index in [9.17, 15) is 39.0 Å². The number of aliphatic hydroxyl groups is 1. The van der Waals surface area contributed by atoms with E-state index in [1.54, 1.807) is 0 Å². The van der Waals surface area contributed by atoms with Crippen molar-refractivity contribution in [2.45, 2.75) is 96.2 Å². The zero-order chi connectivity index (χ0) is 38.0. The monoisotopic (exact) mass is 702 g/mol. The predicted octanol–water partition coefficient (Wildman–Crippen LogP) is -3.39. The third-order valence-corrected chi connectivity index (χ3v) is 7.32. The molecule has 20 heteroatoms. The zero-order valence-corrected chi connectivity index (χ0v) is 28.7. The molecule has 7 atom stereocenters. The van der Waals surface area contributed by atoms with Crippen LogP contribution in [0.1, 0.15) is 59.8 Å². The number of carboxylic acid groups (broad SMARTS) is 2. The Hall–Kier alpha value is -4.37. The van der Waals surface area contributed by atoms with E-state index < -0.39 is 77.9 Å². The first-order chi connectivity index (χ1) is 22.7. The first-order valence-electron chi connectivity index (χ1n) is 15.6. The first kappa shape index (κ1) is 44.6. The van der Waals surface area contributed by atoms with Gasteiger partial charge >= 0.3 is 11.9 Å². The number of nitrogens with zero attached hydrogens (tertiary/aromatic N) is 2. The average molecular weight is 703 g/mol. The Balaban J connectivity index is 5.24. The van der Waals surface area contributed by atoms with Gasteiger partial charge < -0.3 is 53.8 Å². The number of aliphatic carboxylic acids is 2. The number of aliphatic hydroxyl groups excluding tert-OH is 1. The number of nitrogens with two attached hydrogens (primary N) is 4. The van der Waals surface area contributed by atoms with E-state index in [2.05, 4.69) is 33.0 Å². The molecule has 0 aromatic carbocycles. The molecular weight excluding hydrogens is 648 g/mol. The number of amides is 4. The Kier molecular flexibility index (Phi) is 20.3. The van der Waals surface area contributed by atoms with Crippen LogP contribution in [0.2, 0.25) is 0 Å². The van der Waals surface area contributed by atoms with Crippen LogP contribution in [0.15, 0.2) is 17.3 Å². The third kappa shape index (κ3) is 17.6. The zero-order valence-electron chi connectivity index (χ0n) is 28.7. The Bertz CT molecular complexity index is 1180. The Morgan fingerprint density at radius 1 is 0.959 bits per heavy atom. The van der Waals surface area contributed by atoms with Gasteiger partial charge in [0, 0.05) is 25.9 Å². The molecule has 4 amide bonds. The van der Waals surface area contributed by atoms with E-state index >= 15 is 0 Å². The van der Waals surface area contributed by atoms with Gasteiger partial charge in [-0.25, -0.2) is 0 Å². The van der Waals surface area contributed by atoms with E-state index in [-0.39, 0.29) is 50.0 Å². The summed E-state index contributed by atoms with van der Waals surface area (Å²) in [4.78, 5) is 82.9. The summed E-state index contributed by atoms with van der Waals surface area (Å²) >= 11 is 0. The van der Waals surface area contributed by atoms with Crippen LogP contribution >= 0.6 is 0 Å². The van der Waals surface area contributed by atoms with E-state index in [0.717, 1.165) is 4.90 Å². The van der Waals surface area contributed by atoms with Crippen LogP contribution in [0.25, 0.3) is 0 Å². The standard InChI is InChI=1S/C29H54N10O10/c1-14(2)12-18(36-25(43)16(4)35-26(44)17(5)39(6)21(40)10-9-19(30)27(45)46)13-49-38-22(28(47)48)15(3)24(42)37-20(23(31)41)8-7-11-34-29(32)33/h14-16,18-20,22,24,37-38,42H,5,7-13,30H2,1-4,6H3,(H2,31,41)(H,35,44)(H,36,43)(H,45,46)(H,47,48)(H4,32,33,34)/t15-,16+,18-,19+,20-,22+,24-/m0/s1. The minimum atomic E-state index is -1.50. The first-order valence-corrected chi connectivity index (χ1v) is 15.6. The molecule has 0 heterocycles. The fourth-order valence-electron chi connectivity index (χ4n) is 4.25. The maximum absolute atomic E-state index is 13.0. The number of hydrogen-bond acceptors (Lipinski definition) is 12. The predicted molar refractivity (Wildman–Crippen MR) is 177 cm³/mol. The van der Waals surface area contributed by atoms with Gasteiger partial charge in [0.25, 0.3) is 5.91 Å². The van der Waals surface area contributed by atoms with Crippen molar-refractivity contribution in [3.05, 3.63) is 12.3 Å². The Morgan fingerprint density at radius 3 is 2.08 bits per heavy atom. The van der Waals surface area contributed by atoms with Crippen molar-refractivity contribution >= 4 is 41.5 Å². The second kappa shape index (κ2) is 22.3. The largest absolute Gasteiger partial charge is 0.480 e. The van der Waals surface area contributed by atoms with Gasteiger partial charge in [-0.2, -0.15) is 5.48 Å². The highest BCUT2D eigenvalue weighted by atomic mass is 16.6. The molecule has 0 aliphatic rings. The lowest BCUT2D eigenvalue weighted by Gasteiger charge is -2.29. The molecule has 0 radical (unpaired) electrons. The van der Waals surface area contributed by atoms with Gasteiger partial charge in [0.2, 0.25) is 17.7 Å². The summed E-state index contributed by atoms with van der Waals surface area (Å²) in [6.45, 7) is 10.2. The molecule has 280 valence electrons. The summed E-state index contributed by atoms with van der Waals surface area (Å²) in [6, 6.07) is -5.46. The highest BCUT2D eigenvalue weighted by molar-refractivity contribution is 5.99. The molecule has 0 rings (SSSR count). The summed E-state index contributed by atoms with van der Waals surface area (Å²) < 4.78 is 0. The summed E-state index contributed by atoms with van der Waals surface area (Å²) in [5, 5.41) is 37.1. The number of carbonyl (C=O) groups excluding carboxylic acids is 4. The van der Waals surface area contributed by atoms with Gasteiger partial charge in [-0.15, -0.1) is 0 Å². The van der Waals surface area contributed by atoms with Crippen molar-refractivity contribution in [2.24, 2.45) is 39.8 Å². The van der Waals surface area contributed by atoms with Gasteiger partial charge in [0.05, 0.1) is 18.7 Å². The normalized spacial score (nSPS) is 15.4. The number of rotatable bonds is 25. The molecule has 49 heavy (non-hydrogen) atoms. The van der Waals surface area contributed by atoms with Gasteiger partial charge in [0.1, 0.15) is 30.1 Å². The van der Waals surface area contributed by atoms with Crippen LogP contribution in [0.5, 0.6) is 0 Å². The quantitative estimate of drug-likeness (QED) is 0.0110. The van der Waals surface area contributed by atoms with Crippen molar-refractivity contribution in [2.75, 3.05) is 20.2 Å². The van der Waals surface area contributed by atoms with Crippen molar-refractivity contribution in [3.8, 4) is 0 Å². The summed E-state index contributed by atoms with van der Waals surface area (Å²) in [5.74, 6) is -6.55. The van der Waals surface area contributed by atoms with E-state index in [0.29, 0.717) is 12.8 Å². The van der Waals surface area contributed by atoms with E-state index in [1.165, 1.54) is 20.9 Å². The molecular formula is C29H54N10O10. The fourth-order valence-corrected chi connectivity index (χ4v) is 4.25. The third-order valence-electron chi connectivity index (χ3n) is 7.32. The minimum absolute atomic E-state index is 0.0606. The van der Waals surface area contributed by atoms with Gasteiger partial charge in [0.15, 0.2) is 5.96 Å². The molecule has 0 aromatic heterocycles. The summed E-state index contributed by atoms with van der Waals surface area (Å²) in [5.41, 5.74) is 23.5. The molecule has 0 aliphatic heterocycles. The molecule has 0 saturated heterocycles. The van der Waals surface area contributed by atoms with E-state index in [1.807, 2.05) is 13.8 Å². The molecule has 0 spiro atoms. The van der Waals surface area contributed by atoms with Gasteiger partial charge in [-0.1, -0.05) is 27.4 Å². The maximum atomic E-state index is 13.0. The Morgan fingerprint density at radius 2 is 1.57 bits per heavy atom. The maximum Gasteiger partial charge on any atom is 0.323 e. The number of hydroxylamine groups is 1. The van der Waals surface area contributed by atoms with Crippen molar-refractivity contribution in [1.29, 1.82) is 0 Å². The van der Waals surface area contributed by atoms with Crippen LogP contribution < -0.4 is 44.4 Å². The Labute approximate surface area is 285 Å². The lowest BCUT2D eigenvalue weighted by molar-refractivity contribution is -0.150. The molecule has 0 bridgehead atoms. The number of primary amides is 1. The lowest BCUT2D eigenvalue weighted by atomic mass is 9.99. The molecule has 0 fully saturated rings. The smallest absolute Gasteiger partial charge is 0.323 e. The van der Waals surface area contributed by atoms with Gasteiger partial charge in [-0.05, 0) is 38.5 Å². The molecule has 0 aliphatic carbocycles. The topological polar surface area (TPSA) is 340 Å². The number of aliphatic imine (C=N–C) groups is 1. The van der Waals surface area contributed by atoms with Crippen LogP contribution in [0, 0.1) is 11.8 Å². The van der Waals surface area contributed by atoms with Crippen molar-refractivity contribution in [1.82, 2.24) is 26.3 Å². The highest BCUT2D eigenvalue weighted by Crippen LogP contribution is 2.12. The van der Waals surface area contributed by atoms with Crippen LogP contribution in [0.4, 0.5) is 0 Å². The molecule has 0 unspecified atom stereocenters. The number of carboxylic acids is 2. The van der Waals surface area contributed by atoms with Crippen molar-refractivity contribution in [3.63, 3.8) is 0 Å². The number of likely N-dealkylation sites (N-methyl/N-ethyl adjacent to an activating group) is 1. The lowest BCUT2D eigenvalue weighted by Crippen LogP contribution is -2.55. The number of carbonyl (C=O) groups is 6. The minimum Gasteiger partial charge on any atom is -0.480 e.